The van der Waals surface area contributed by atoms with E-state index in [0.717, 1.165) is 12.2 Å². The quantitative estimate of drug-likeness (QED) is 0.433. The van der Waals surface area contributed by atoms with Crippen molar-refractivity contribution >= 4 is 5.70 Å². The highest BCUT2D eigenvalue weighted by Gasteiger charge is 2.12. The number of allylic oxidation sites excluding steroid dienone is 1. The molecule has 0 aliphatic rings. The third-order valence-electron chi connectivity index (χ3n) is 2.78. The second kappa shape index (κ2) is 11.2. The standard InChI is InChI=1S/C15H18N2.2ClHO4/c1-13-4-8-16(9-5-13)12-15(3)17-10-6-14(2)7-11-17;2*2-1(3,4)5/h4-11H,3,12H2,1-2H3;2*(H,2,3,4,5)/q+2;;/p-2. The van der Waals surface area contributed by atoms with Crippen LogP contribution in [0.5, 0.6) is 0 Å². The van der Waals surface area contributed by atoms with Crippen LogP contribution in [0, 0.1) is 34.3 Å². The highest BCUT2D eigenvalue weighted by Crippen LogP contribution is 1.95. The van der Waals surface area contributed by atoms with Gasteiger partial charge in [-0.25, -0.2) is 37.3 Å². The summed E-state index contributed by atoms with van der Waals surface area (Å²) in [6.07, 6.45) is 8.25. The summed E-state index contributed by atoms with van der Waals surface area (Å²) < 4.78 is 72.1. The van der Waals surface area contributed by atoms with Crippen LogP contribution in [0.3, 0.4) is 0 Å². The number of halogens is 2. The Bertz CT molecular complexity index is 674. The molecule has 2 aromatic rings. The van der Waals surface area contributed by atoms with Gasteiger partial charge in [-0.05, 0) is 31.6 Å². The van der Waals surface area contributed by atoms with Gasteiger partial charge >= 0.3 is 0 Å². The van der Waals surface area contributed by atoms with Gasteiger partial charge in [0.15, 0.2) is 24.8 Å². The van der Waals surface area contributed by atoms with Crippen molar-refractivity contribution in [2.75, 3.05) is 0 Å². The maximum absolute atomic E-state index is 8.49. The summed E-state index contributed by atoms with van der Waals surface area (Å²) in [6, 6.07) is 8.39. The summed E-state index contributed by atoms with van der Waals surface area (Å²) in [7, 11) is -9.89. The lowest BCUT2D eigenvalue weighted by Gasteiger charge is -2.17. The normalized spacial score (nSPS) is 10.9. The van der Waals surface area contributed by atoms with Gasteiger partial charge in [-0.1, -0.05) is 0 Å². The van der Waals surface area contributed by atoms with Crippen molar-refractivity contribution in [3.8, 4) is 0 Å². The zero-order valence-electron chi connectivity index (χ0n) is 14.4. The van der Waals surface area contributed by atoms with Crippen molar-refractivity contribution in [3.63, 3.8) is 0 Å². The van der Waals surface area contributed by atoms with Crippen LogP contribution < -0.4 is 46.4 Å². The van der Waals surface area contributed by atoms with E-state index in [0.29, 0.717) is 0 Å². The molecule has 0 bridgehead atoms. The zero-order valence-corrected chi connectivity index (χ0v) is 16.0. The third kappa shape index (κ3) is 17.5. The molecule has 12 heteroatoms. The van der Waals surface area contributed by atoms with E-state index in [1.54, 1.807) is 0 Å². The maximum atomic E-state index is 8.49. The van der Waals surface area contributed by atoms with Gasteiger partial charge in [0.2, 0.25) is 12.2 Å². The van der Waals surface area contributed by atoms with Gasteiger partial charge < -0.3 is 0 Å². The first-order valence-electron chi connectivity index (χ1n) is 7.00. The Morgan fingerprint density at radius 2 is 1.04 bits per heavy atom. The Balaban J connectivity index is 0.000000563. The minimum Gasteiger partial charge on any atom is -0.222 e. The molecule has 0 aromatic carbocycles. The van der Waals surface area contributed by atoms with E-state index >= 15 is 0 Å². The lowest BCUT2D eigenvalue weighted by atomic mass is 10.3. The Morgan fingerprint density at radius 1 is 0.741 bits per heavy atom. The summed E-state index contributed by atoms with van der Waals surface area (Å²) in [5.41, 5.74) is 3.59. The molecule has 27 heavy (non-hydrogen) atoms. The molecule has 0 unspecified atom stereocenters. The molecule has 10 nitrogen and oxygen atoms in total. The minimum atomic E-state index is -4.94. The van der Waals surface area contributed by atoms with Gasteiger partial charge in [-0.3, -0.25) is 0 Å². The molecule has 2 heterocycles. The van der Waals surface area contributed by atoms with E-state index in [4.69, 9.17) is 37.3 Å². The van der Waals surface area contributed by atoms with Crippen molar-refractivity contribution in [2.24, 2.45) is 0 Å². The number of hydrogen-bond acceptors (Lipinski definition) is 8. The molecular weight excluding hydrogens is 407 g/mol. The molecule has 0 radical (unpaired) electrons. The van der Waals surface area contributed by atoms with E-state index in [2.05, 4.69) is 66.2 Å². The topological polar surface area (TPSA) is 192 Å². The van der Waals surface area contributed by atoms with Crippen molar-refractivity contribution in [2.45, 2.75) is 20.4 Å². The smallest absolute Gasteiger partial charge is 0.222 e. The van der Waals surface area contributed by atoms with Gasteiger partial charge in [-0.2, -0.15) is 9.13 Å². The summed E-state index contributed by atoms with van der Waals surface area (Å²) >= 11 is 0. The molecular formula is C15H18Cl2N2O8. The van der Waals surface area contributed by atoms with Crippen LogP contribution in [0.2, 0.25) is 0 Å². The molecule has 0 fully saturated rings. The first-order valence-corrected chi connectivity index (χ1v) is 9.47. The van der Waals surface area contributed by atoms with Crippen LogP contribution >= 0.6 is 0 Å². The summed E-state index contributed by atoms with van der Waals surface area (Å²) in [5.74, 6) is 0. The second-order valence-electron chi connectivity index (χ2n) is 5.15. The fourth-order valence-electron chi connectivity index (χ4n) is 1.64. The van der Waals surface area contributed by atoms with E-state index in [1.807, 2.05) is 12.4 Å². The van der Waals surface area contributed by atoms with E-state index in [-0.39, 0.29) is 0 Å². The summed E-state index contributed by atoms with van der Waals surface area (Å²) in [5, 5.41) is 0. The number of rotatable bonds is 3. The lowest BCUT2D eigenvalue weighted by Crippen LogP contribution is -2.68. The molecule has 2 rings (SSSR count). The average molecular weight is 425 g/mol. The number of nitrogens with zero attached hydrogens (tertiary/aromatic N) is 2. The molecule has 2 aromatic heterocycles. The first-order chi connectivity index (χ1) is 12.1. The van der Waals surface area contributed by atoms with E-state index in [9.17, 15) is 0 Å². The van der Waals surface area contributed by atoms with Gasteiger partial charge in [0, 0.05) is 24.3 Å². The van der Waals surface area contributed by atoms with Gasteiger partial charge in [0.1, 0.15) is 0 Å². The molecule has 150 valence electrons. The number of pyridine rings is 2. The molecule has 0 saturated carbocycles. The van der Waals surface area contributed by atoms with Crippen molar-refractivity contribution < 1.29 is 66.9 Å². The van der Waals surface area contributed by atoms with Crippen LogP contribution in [0.4, 0.5) is 0 Å². The Hall–Kier alpha value is -1.70. The van der Waals surface area contributed by atoms with Gasteiger partial charge in [0.25, 0.3) is 0 Å². The van der Waals surface area contributed by atoms with Crippen LogP contribution in [0.15, 0.2) is 55.6 Å². The maximum Gasteiger partial charge on any atom is 0.245 e. The van der Waals surface area contributed by atoms with Crippen molar-refractivity contribution in [3.05, 3.63) is 66.8 Å². The molecule has 0 N–H and O–H groups in total. The van der Waals surface area contributed by atoms with Crippen molar-refractivity contribution in [1.29, 1.82) is 0 Å². The van der Waals surface area contributed by atoms with E-state index in [1.165, 1.54) is 11.1 Å². The number of aromatic nitrogens is 2. The fraction of sp³-hybridized carbons (Fsp3) is 0.200. The number of aryl methyl sites for hydroxylation is 2. The molecule has 0 aliphatic carbocycles. The Morgan fingerprint density at radius 3 is 1.37 bits per heavy atom. The summed E-state index contributed by atoms with van der Waals surface area (Å²) in [6.45, 7) is 9.09. The Labute approximate surface area is 160 Å². The fourth-order valence-corrected chi connectivity index (χ4v) is 1.64. The predicted octanol–water partition coefficient (Wildman–Crippen LogP) is -7.46. The number of hydrogen-bond donors (Lipinski definition) is 0. The molecule has 0 saturated heterocycles. The van der Waals surface area contributed by atoms with Gasteiger partial charge in [0.05, 0.1) is 0 Å². The SMILES string of the molecule is C=C(C[n+]1ccc(C)cc1)[n+]1ccc(C)cc1.[O-][Cl+3]([O-])([O-])[O-].[O-][Cl+3]([O-])([O-])[O-]. The van der Waals surface area contributed by atoms with E-state index < -0.39 is 20.5 Å². The zero-order chi connectivity index (χ0) is 21.3. The lowest BCUT2D eigenvalue weighted by molar-refractivity contribution is -2.00. The highest BCUT2D eigenvalue weighted by atomic mass is 35.7. The first kappa shape index (κ1) is 25.3. The van der Waals surface area contributed by atoms with Crippen LogP contribution in [-0.2, 0) is 6.54 Å². The average Bonchev–Trinajstić information content (AvgIpc) is 2.47. The highest BCUT2D eigenvalue weighted by molar-refractivity contribution is 5.24. The summed E-state index contributed by atoms with van der Waals surface area (Å²) in [4.78, 5) is 0. The molecule has 0 spiro atoms. The van der Waals surface area contributed by atoms with Crippen LogP contribution in [-0.4, -0.2) is 0 Å². The second-order valence-corrected chi connectivity index (χ2v) is 6.66. The van der Waals surface area contributed by atoms with Crippen molar-refractivity contribution in [1.82, 2.24) is 0 Å². The third-order valence-corrected chi connectivity index (χ3v) is 2.78. The monoisotopic (exact) mass is 424 g/mol. The van der Waals surface area contributed by atoms with Crippen LogP contribution in [0.25, 0.3) is 5.70 Å². The van der Waals surface area contributed by atoms with Crippen LogP contribution in [0.1, 0.15) is 11.1 Å². The predicted molar refractivity (Wildman–Crippen MR) is 68.1 cm³/mol. The van der Waals surface area contributed by atoms with Gasteiger partial charge in [-0.15, -0.1) is 20.5 Å². The molecule has 0 amide bonds. The molecule has 0 atom stereocenters. The largest absolute Gasteiger partial charge is 0.245 e. The minimum absolute atomic E-state index is 0.800. The molecule has 0 aliphatic heterocycles. The Kier molecular flexibility index (Phi) is 10.5.